The van der Waals surface area contributed by atoms with Gasteiger partial charge in [-0.25, -0.2) is 4.79 Å². The van der Waals surface area contributed by atoms with Crippen LogP contribution >= 0.6 is 0 Å². The molecule has 0 saturated carbocycles. The van der Waals surface area contributed by atoms with Gasteiger partial charge in [0, 0.05) is 13.6 Å². The number of ether oxygens (including phenoxy) is 1. The van der Waals surface area contributed by atoms with Crippen molar-refractivity contribution in [3.63, 3.8) is 0 Å². The van der Waals surface area contributed by atoms with E-state index in [2.05, 4.69) is 5.10 Å². The van der Waals surface area contributed by atoms with Crippen molar-refractivity contribution >= 4 is 11.8 Å². The number of aromatic nitrogens is 2. The molecular formula is C14H26N4O4. The van der Waals surface area contributed by atoms with Crippen molar-refractivity contribution in [1.82, 2.24) is 14.7 Å². The van der Waals surface area contributed by atoms with E-state index in [0.717, 1.165) is 0 Å². The first-order chi connectivity index (χ1) is 10.1. The molecule has 1 aromatic heterocycles. The molecule has 1 heterocycles. The largest absolute Gasteiger partial charge is 0.444 e. The Hall–Kier alpha value is -2.12. The second-order valence-corrected chi connectivity index (χ2v) is 5.65. The highest BCUT2D eigenvalue weighted by molar-refractivity contribution is 5.67. The summed E-state index contributed by atoms with van der Waals surface area (Å²) < 4.78 is 6.69. The molecule has 22 heavy (non-hydrogen) atoms. The topological polar surface area (TPSA) is 90.5 Å². The molecule has 0 bridgehead atoms. The van der Waals surface area contributed by atoms with Gasteiger partial charge in [-0.2, -0.15) is 5.10 Å². The zero-order valence-corrected chi connectivity index (χ0v) is 14.4. The SMILES string of the molecule is CC.CC(CN(C)C(=O)OC(C)(C)C)n1cc([N+](=O)[O-])cn1. The van der Waals surface area contributed by atoms with Gasteiger partial charge in [0.15, 0.2) is 0 Å². The van der Waals surface area contributed by atoms with Gasteiger partial charge in [0.05, 0.1) is 11.0 Å². The fraction of sp³-hybridized carbons (Fsp3) is 0.714. The number of hydrogen-bond donors (Lipinski definition) is 0. The summed E-state index contributed by atoms with van der Waals surface area (Å²) in [5, 5.41) is 14.5. The highest BCUT2D eigenvalue weighted by Gasteiger charge is 2.22. The third kappa shape index (κ3) is 6.55. The number of nitro groups is 1. The lowest BCUT2D eigenvalue weighted by Crippen LogP contribution is -2.37. The van der Waals surface area contributed by atoms with E-state index in [1.54, 1.807) is 27.8 Å². The molecule has 0 aliphatic carbocycles. The molecule has 1 unspecified atom stereocenters. The fourth-order valence-electron chi connectivity index (χ4n) is 1.56. The molecule has 8 nitrogen and oxygen atoms in total. The molecule has 8 heteroatoms. The molecule has 0 aliphatic heterocycles. The molecule has 1 aromatic rings. The molecule has 0 aliphatic rings. The Kier molecular flexibility index (Phi) is 7.55. The number of carbonyl (C=O) groups excluding carboxylic acids is 1. The summed E-state index contributed by atoms with van der Waals surface area (Å²) in [6, 6.07) is -0.193. The standard InChI is InChI=1S/C12H20N4O4.C2H6/c1-9(15-8-10(6-13-15)16(18)19)7-14(5)11(17)20-12(2,3)4;1-2/h6,8-9H,7H2,1-5H3;1-2H3. The summed E-state index contributed by atoms with van der Waals surface area (Å²) in [5.41, 5.74) is -0.629. The van der Waals surface area contributed by atoms with Crippen LogP contribution in [0.5, 0.6) is 0 Å². The second kappa shape index (κ2) is 8.35. The van der Waals surface area contributed by atoms with E-state index in [9.17, 15) is 14.9 Å². The van der Waals surface area contributed by atoms with Crippen molar-refractivity contribution in [2.75, 3.05) is 13.6 Å². The van der Waals surface area contributed by atoms with Gasteiger partial charge >= 0.3 is 11.8 Å². The van der Waals surface area contributed by atoms with Crippen LogP contribution in [0.2, 0.25) is 0 Å². The van der Waals surface area contributed by atoms with E-state index in [4.69, 9.17) is 4.74 Å². The van der Waals surface area contributed by atoms with Crippen molar-refractivity contribution in [2.45, 2.75) is 53.2 Å². The van der Waals surface area contributed by atoms with Crippen LogP contribution in [0.3, 0.4) is 0 Å². The van der Waals surface area contributed by atoms with E-state index in [0.29, 0.717) is 6.54 Å². The minimum atomic E-state index is -0.556. The van der Waals surface area contributed by atoms with Crippen molar-refractivity contribution < 1.29 is 14.5 Å². The van der Waals surface area contributed by atoms with Crippen LogP contribution in [0.25, 0.3) is 0 Å². The highest BCUT2D eigenvalue weighted by atomic mass is 16.6. The Morgan fingerprint density at radius 1 is 1.50 bits per heavy atom. The van der Waals surface area contributed by atoms with Crippen LogP contribution in [-0.4, -0.2) is 44.9 Å². The summed E-state index contributed by atoms with van der Waals surface area (Å²) in [6.07, 6.45) is 2.09. The minimum absolute atomic E-state index is 0.0724. The third-order valence-corrected chi connectivity index (χ3v) is 2.49. The minimum Gasteiger partial charge on any atom is -0.444 e. The van der Waals surface area contributed by atoms with E-state index < -0.39 is 16.6 Å². The van der Waals surface area contributed by atoms with Crippen LogP contribution in [0.4, 0.5) is 10.5 Å². The molecule has 0 spiro atoms. The first-order valence-corrected chi connectivity index (χ1v) is 7.23. The summed E-state index contributed by atoms with van der Waals surface area (Å²) in [4.78, 5) is 23.3. The van der Waals surface area contributed by atoms with Crippen LogP contribution in [-0.2, 0) is 4.74 Å². The Labute approximate surface area is 131 Å². The predicted molar refractivity (Wildman–Crippen MR) is 83.8 cm³/mol. The number of nitrogens with zero attached hydrogens (tertiary/aromatic N) is 4. The zero-order valence-electron chi connectivity index (χ0n) is 14.4. The first kappa shape index (κ1) is 19.9. The fourth-order valence-corrected chi connectivity index (χ4v) is 1.56. The van der Waals surface area contributed by atoms with Crippen molar-refractivity contribution in [3.8, 4) is 0 Å². The van der Waals surface area contributed by atoms with Crippen LogP contribution < -0.4 is 0 Å². The Bertz CT molecular complexity index is 493. The monoisotopic (exact) mass is 314 g/mol. The number of hydrogen-bond acceptors (Lipinski definition) is 5. The average molecular weight is 314 g/mol. The van der Waals surface area contributed by atoms with Crippen LogP contribution in [0.15, 0.2) is 12.4 Å². The van der Waals surface area contributed by atoms with E-state index in [-0.39, 0.29) is 11.7 Å². The number of rotatable bonds is 4. The number of likely N-dealkylation sites (N-methyl/N-ethyl adjacent to an activating group) is 1. The zero-order chi connectivity index (χ0) is 17.5. The molecular weight excluding hydrogens is 288 g/mol. The van der Waals surface area contributed by atoms with Gasteiger partial charge < -0.3 is 9.64 Å². The first-order valence-electron chi connectivity index (χ1n) is 7.23. The van der Waals surface area contributed by atoms with Gasteiger partial charge in [0.2, 0.25) is 0 Å². The van der Waals surface area contributed by atoms with Gasteiger partial charge in [0.25, 0.3) is 0 Å². The summed E-state index contributed by atoms with van der Waals surface area (Å²) >= 11 is 0. The van der Waals surface area contributed by atoms with Crippen LogP contribution in [0, 0.1) is 10.1 Å². The maximum absolute atomic E-state index is 11.8. The Morgan fingerprint density at radius 3 is 2.45 bits per heavy atom. The average Bonchev–Trinajstić information content (AvgIpc) is 2.88. The smallest absolute Gasteiger partial charge is 0.410 e. The third-order valence-electron chi connectivity index (χ3n) is 2.49. The summed E-state index contributed by atoms with van der Waals surface area (Å²) in [5.74, 6) is 0. The van der Waals surface area contributed by atoms with E-state index in [1.807, 2.05) is 20.8 Å². The second-order valence-electron chi connectivity index (χ2n) is 5.65. The highest BCUT2D eigenvalue weighted by Crippen LogP contribution is 2.15. The van der Waals surface area contributed by atoms with Crippen molar-refractivity contribution in [2.24, 2.45) is 0 Å². The van der Waals surface area contributed by atoms with Gasteiger partial charge in [0.1, 0.15) is 18.0 Å². The molecule has 0 radical (unpaired) electrons. The Morgan fingerprint density at radius 2 is 2.05 bits per heavy atom. The quantitative estimate of drug-likeness (QED) is 0.628. The van der Waals surface area contributed by atoms with Gasteiger partial charge in [-0.1, -0.05) is 13.8 Å². The van der Waals surface area contributed by atoms with Crippen molar-refractivity contribution in [1.29, 1.82) is 0 Å². The maximum atomic E-state index is 11.8. The predicted octanol–water partition coefficient (Wildman–Crippen LogP) is 3.25. The molecule has 0 aromatic carbocycles. The summed E-state index contributed by atoms with van der Waals surface area (Å²) in [6.45, 7) is 11.5. The lowest BCUT2D eigenvalue weighted by atomic mass is 10.2. The lowest BCUT2D eigenvalue weighted by Gasteiger charge is -2.26. The normalized spacial score (nSPS) is 12.0. The molecule has 1 atom stereocenters. The Balaban J connectivity index is 0.00000211. The van der Waals surface area contributed by atoms with Crippen LogP contribution in [0.1, 0.15) is 47.6 Å². The summed E-state index contributed by atoms with van der Waals surface area (Å²) in [7, 11) is 1.61. The maximum Gasteiger partial charge on any atom is 0.410 e. The molecule has 1 rings (SSSR count). The molecule has 126 valence electrons. The van der Waals surface area contributed by atoms with Gasteiger partial charge in [-0.3, -0.25) is 14.8 Å². The van der Waals surface area contributed by atoms with E-state index >= 15 is 0 Å². The van der Waals surface area contributed by atoms with E-state index in [1.165, 1.54) is 22.0 Å². The molecule has 1 amide bonds. The molecule has 0 saturated heterocycles. The number of amides is 1. The van der Waals surface area contributed by atoms with Gasteiger partial charge in [-0.05, 0) is 27.7 Å². The molecule has 0 N–H and O–H groups in total. The molecule has 0 fully saturated rings. The van der Waals surface area contributed by atoms with Gasteiger partial charge in [-0.15, -0.1) is 0 Å². The number of carbonyl (C=O) groups is 1. The lowest BCUT2D eigenvalue weighted by molar-refractivity contribution is -0.385. The van der Waals surface area contributed by atoms with Crippen molar-refractivity contribution in [3.05, 3.63) is 22.5 Å².